The van der Waals surface area contributed by atoms with Gasteiger partial charge >= 0.3 is 0 Å². The fourth-order valence-electron chi connectivity index (χ4n) is 2.66. The Kier molecular flexibility index (Phi) is 7.79. The monoisotopic (exact) mass is 373 g/mol. The molecule has 0 spiro atoms. The van der Waals surface area contributed by atoms with Crippen LogP contribution in [0.3, 0.4) is 0 Å². The van der Waals surface area contributed by atoms with Crippen molar-refractivity contribution in [1.29, 1.82) is 0 Å². The van der Waals surface area contributed by atoms with Gasteiger partial charge in [0.15, 0.2) is 17.3 Å². The third-order valence-electron chi connectivity index (χ3n) is 4.16. The van der Waals surface area contributed by atoms with Crippen LogP contribution in [0.5, 0.6) is 11.5 Å². The Labute approximate surface area is 158 Å². The number of halogens is 1. The maximum absolute atomic E-state index is 12.9. The average molecular weight is 373 g/mol. The van der Waals surface area contributed by atoms with Crippen LogP contribution in [0.25, 0.3) is 0 Å². The zero-order valence-electron chi connectivity index (χ0n) is 15.6. The van der Waals surface area contributed by atoms with Gasteiger partial charge in [0.1, 0.15) is 5.82 Å². The van der Waals surface area contributed by atoms with Crippen molar-refractivity contribution < 1.29 is 23.5 Å². The van der Waals surface area contributed by atoms with Crippen LogP contribution in [0.2, 0.25) is 0 Å². The number of carbonyl (C=O) groups is 2. The Morgan fingerprint density at radius 1 is 0.963 bits per heavy atom. The van der Waals surface area contributed by atoms with E-state index in [1.165, 1.54) is 24.3 Å². The third-order valence-corrected chi connectivity index (χ3v) is 4.16. The lowest BCUT2D eigenvalue weighted by Gasteiger charge is -2.10. The van der Waals surface area contributed by atoms with Gasteiger partial charge in [0.05, 0.1) is 14.2 Å². The molecule has 0 aliphatic rings. The summed E-state index contributed by atoms with van der Waals surface area (Å²) in [7, 11) is 3.16. The lowest BCUT2D eigenvalue weighted by atomic mass is 10.1. The van der Waals surface area contributed by atoms with E-state index in [0.717, 1.165) is 5.56 Å². The highest BCUT2D eigenvalue weighted by Gasteiger charge is 2.09. The normalized spacial score (nSPS) is 10.3. The van der Waals surface area contributed by atoms with Gasteiger partial charge in [-0.3, -0.25) is 9.59 Å². The zero-order valence-corrected chi connectivity index (χ0v) is 15.6. The lowest BCUT2D eigenvalue weighted by Crippen LogP contribution is -2.25. The first-order chi connectivity index (χ1) is 13.0. The summed E-state index contributed by atoms with van der Waals surface area (Å²) >= 11 is 0. The summed E-state index contributed by atoms with van der Waals surface area (Å²) in [5, 5.41) is 2.85. The summed E-state index contributed by atoms with van der Waals surface area (Å²) < 4.78 is 23.3. The molecule has 0 saturated heterocycles. The van der Waals surface area contributed by atoms with E-state index in [1.54, 1.807) is 14.2 Å². The second kappa shape index (κ2) is 10.3. The van der Waals surface area contributed by atoms with Crippen molar-refractivity contribution in [3.05, 3.63) is 59.4 Å². The van der Waals surface area contributed by atoms with Gasteiger partial charge < -0.3 is 14.8 Å². The van der Waals surface area contributed by atoms with E-state index in [9.17, 15) is 14.0 Å². The highest BCUT2D eigenvalue weighted by atomic mass is 19.1. The Bertz CT molecular complexity index is 774. The Morgan fingerprint density at radius 3 is 2.33 bits per heavy atom. The summed E-state index contributed by atoms with van der Waals surface area (Å²) in [6.45, 7) is 0.500. The predicted octanol–water partition coefficient (Wildman–Crippen LogP) is 3.55. The van der Waals surface area contributed by atoms with E-state index in [4.69, 9.17) is 9.47 Å². The van der Waals surface area contributed by atoms with Crippen molar-refractivity contribution in [3.63, 3.8) is 0 Å². The van der Waals surface area contributed by atoms with Crippen LogP contribution in [0.15, 0.2) is 42.5 Å². The van der Waals surface area contributed by atoms with Gasteiger partial charge in [-0.25, -0.2) is 4.39 Å². The number of methoxy groups -OCH3 is 2. The molecule has 0 aromatic heterocycles. The third kappa shape index (κ3) is 6.40. The average Bonchev–Trinajstić information content (AvgIpc) is 2.68. The van der Waals surface area contributed by atoms with E-state index in [0.29, 0.717) is 36.4 Å². The minimum atomic E-state index is -0.375. The molecule has 2 aromatic carbocycles. The molecule has 0 saturated carbocycles. The first kappa shape index (κ1) is 20.4. The minimum absolute atomic E-state index is 0.0897. The summed E-state index contributed by atoms with van der Waals surface area (Å²) in [5.41, 5.74) is 1.49. The lowest BCUT2D eigenvalue weighted by molar-refractivity contribution is -0.121. The minimum Gasteiger partial charge on any atom is -0.493 e. The molecule has 5 nitrogen and oxygen atoms in total. The Hall–Kier alpha value is -2.89. The second-order valence-corrected chi connectivity index (χ2v) is 6.07. The molecule has 6 heteroatoms. The summed E-state index contributed by atoms with van der Waals surface area (Å²) in [6.07, 6.45) is 1.66. The highest BCUT2D eigenvalue weighted by Crippen LogP contribution is 2.27. The number of nitrogens with one attached hydrogen (secondary N) is 1. The molecule has 0 aliphatic heterocycles. The molecule has 2 aromatic rings. The number of benzene rings is 2. The predicted molar refractivity (Wildman–Crippen MR) is 101 cm³/mol. The smallest absolute Gasteiger partial charge is 0.220 e. The molecule has 1 amide bonds. The van der Waals surface area contributed by atoms with E-state index in [2.05, 4.69) is 5.32 Å². The quantitative estimate of drug-likeness (QED) is 0.647. The number of amides is 1. The van der Waals surface area contributed by atoms with Gasteiger partial charge in [-0.15, -0.1) is 0 Å². The van der Waals surface area contributed by atoms with Crippen molar-refractivity contribution >= 4 is 11.7 Å². The van der Waals surface area contributed by atoms with Crippen molar-refractivity contribution in [2.45, 2.75) is 25.7 Å². The summed E-state index contributed by atoms with van der Waals surface area (Å²) in [5.74, 6) is 0.757. The van der Waals surface area contributed by atoms with Gasteiger partial charge in [0.2, 0.25) is 5.91 Å². The molecule has 27 heavy (non-hydrogen) atoms. The number of ether oxygens (including phenoxy) is 2. The number of hydrogen-bond acceptors (Lipinski definition) is 4. The van der Waals surface area contributed by atoms with Crippen LogP contribution in [0.4, 0.5) is 4.39 Å². The topological polar surface area (TPSA) is 64.6 Å². The standard InChI is InChI=1S/C21H24FNO4/c1-26-19-11-6-15(14-20(19)27-2)12-13-23-21(25)5-3-4-18(24)16-7-9-17(22)10-8-16/h6-11,14H,3-5,12-13H2,1-2H3,(H,23,25). The molecule has 0 fully saturated rings. The Balaban J connectivity index is 1.69. The number of rotatable bonds is 10. The van der Waals surface area contributed by atoms with E-state index in [1.807, 2.05) is 18.2 Å². The SMILES string of the molecule is COc1ccc(CCNC(=O)CCCC(=O)c2ccc(F)cc2)cc1OC. The summed E-state index contributed by atoms with van der Waals surface area (Å²) in [6, 6.07) is 11.1. The van der Waals surface area contributed by atoms with Crippen molar-refractivity contribution in [2.24, 2.45) is 0 Å². The van der Waals surface area contributed by atoms with Crippen LogP contribution in [0.1, 0.15) is 35.2 Å². The van der Waals surface area contributed by atoms with Gasteiger partial charge in [-0.1, -0.05) is 6.07 Å². The van der Waals surface area contributed by atoms with Crippen LogP contribution in [-0.2, 0) is 11.2 Å². The zero-order chi connectivity index (χ0) is 19.6. The maximum atomic E-state index is 12.9. The summed E-state index contributed by atoms with van der Waals surface area (Å²) in [4.78, 5) is 23.9. The molecular formula is C21H24FNO4. The Morgan fingerprint density at radius 2 is 1.67 bits per heavy atom. The van der Waals surface area contributed by atoms with Crippen LogP contribution >= 0.6 is 0 Å². The number of ketones is 1. The number of hydrogen-bond donors (Lipinski definition) is 1. The molecule has 144 valence electrons. The van der Waals surface area contributed by atoms with Crippen LogP contribution in [-0.4, -0.2) is 32.5 Å². The van der Waals surface area contributed by atoms with Gasteiger partial charge in [0, 0.05) is 24.9 Å². The molecule has 0 radical (unpaired) electrons. The molecule has 0 heterocycles. The largest absolute Gasteiger partial charge is 0.493 e. The fraction of sp³-hybridized carbons (Fsp3) is 0.333. The maximum Gasteiger partial charge on any atom is 0.220 e. The molecule has 0 atom stereocenters. The first-order valence-electron chi connectivity index (χ1n) is 8.80. The first-order valence-corrected chi connectivity index (χ1v) is 8.80. The second-order valence-electron chi connectivity index (χ2n) is 6.07. The van der Waals surface area contributed by atoms with Gasteiger partial charge in [-0.05, 0) is 54.8 Å². The van der Waals surface area contributed by atoms with Crippen molar-refractivity contribution in [3.8, 4) is 11.5 Å². The number of Topliss-reactive ketones (excluding diaryl/α,β-unsaturated/α-hetero) is 1. The van der Waals surface area contributed by atoms with Crippen molar-refractivity contribution in [2.75, 3.05) is 20.8 Å². The molecule has 0 bridgehead atoms. The molecule has 0 aliphatic carbocycles. The van der Waals surface area contributed by atoms with E-state index in [-0.39, 0.29) is 30.3 Å². The number of carbonyl (C=O) groups excluding carboxylic acids is 2. The molecule has 0 unspecified atom stereocenters. The van der Waals surface area contributed by atoms with E-state index >= 15 is 0 Å². The fourth-order valence-corrected chi connectivity index (χ4v) is 2.66. The van der Waals surface area contributed by atoms with Crippen molar-refractivity contribution in [1.82, 2.24) is 5.32 Å². The molecular weight excluding hydrogens is 349 g/mol. The van der Waals surface area contributed by atoms with E-state index < -0.39 is 0 Å². The molecule has 1 N–H and O–H groups in total. The highest BCUT2D eigenvalue weighted by molar-refractivity contribution is 5.96. The molecule has 2 rings (SSSR count). The van der Waals surface area contributed by atoms with Gasteiger partial charge in [-0.2, -0.15) is 0 Å². The van der Waals surface area contributed by atoms with Crippen LogP contribution in [0, 0.1) is 5.82 Å². The van der Waals surface area contributed by atoms with Crippen LogP contribution < -0.4 is 14.8 Å². The van der Waals surface area contributed by atoms with Gasteiger partial charge in [0.25, 0.3) is 0 Å².